The van der Waals surface area contributed by atoms with E-state index < -0.39 is 0 Å². The fourth-order valence-electron chi connectivity index (χ4n) is 1.65. The molecule has 0 amide bonds. The van der Waals surface area contributed by atoms with Crippen LogP contribution in [0.1, 0.15) is 24.7 Å². The number of aromatic nitrogens is 3. The third-order valence-corrected chi connectivity index (χ3v) is 2.91. The lowest BCUT2D eigenvalue weighted by atomic mass is 10.1. The quantitative estimate of drug-likeness (QED) is 0.780. The molecule has 0 fully saturated rings. The van der Waals surface area contributed by atoms with Gasteiger partial charge in [0.2, 0.25) is 0 Å². The molecule has 17 heavy (non-hydrogen) atoms. The second-order valence-electron chi connectivity index (χ2n) is 3.90. The van der Waals surface area contributed by atoms with Crippen molar-refractivity contribution in [1.82, 2.24) is 15.0 Å². The summed E-state index contributed by atoms with van der Waals surface area (Å²) in [6.45, 7) is 4.03. The third-order valence-electron chi connectivity index (χ3n) is 2.54. The molecule has 0 spiro atoms. The van der Waals surface area contributed by atoms with Crippen LogP contribution in [0.15, 0.2) is 24.5 Å². The van der Waals surface area contributed by atoms with Gasteiger partial charge in [0.25, 0.3) is 0 Å². The van der Waals surface area contributed by atoms with Crippen LogP contribution in [0.5, 0.6) is 0 Å². The fourth-order valence-corrected chi connectivity index (χ4v) is 1.84. The van der Waals surface area contributed by atoms with Crippen molar-refractivity contribution in [3.8, 4) is 11.3 Å². The van der Waals surface area contributed by atoms with E-state index in [9.17, 15) is 0 Å². The molecule has 2 aromatic heterocycles. The molecule has 0 bridgehead atoms. The first kappa shape index (κ1) is 12.0. The first-order valence-corrected chi connectivity index (χ1v) is 6.03. The van der Waals surface area contributed by atoms with E-state index in [4.69, 9.17) is 11.6 Å². The van der Waals surface area contributed by atoms with E-state index in [0.717, 1.165) is 35.5 Å². The molecule has 0 aliphatic carbocycles. The van der Waals surface area contributed by atoms with Gasteiger partial charge in [-0.1, -0.05) is 18.5 Å². The minimum Gasteiger partial charge on any atom is -0.264 e. The Bertz CT molecular complexity index is 512. The molecule has 2 rings (SSSR count). The summed E-state index contributed by atoms with van der Waals surface area (Å²) in [6, 6.07) is 3.87. The zero-order chi connectivity index (χ0) is 12.3. The van der Waals surface area contributed by atoms with Crippen LogP contribution >= 0.6 is 11.6 Å². The minimum atomic E-state index is 0.530. The third kappa shape index (κ3) is 2.61. The van der Waals surface area contributed by atoms with E-state index in [1.807, 2.05) is 19.1 Å². The number of pyridine rings is 1. The van der Waals surface area contributed by atoms with E-state index in [1.54, 1.807) is 12.4 Å². The molecule has 0 saturated heterocycles. The highest BCUT2D eigenvalue weighted by Crippen LogP contribution is 2.25. The van der Waals surface area contributed by atoms with Crippen LogP contribution in [-0.4, -0.2) is 15.0 Å². The van der Waals surface area contributed by atoms with Crippen molar-refractivity contribution >= 4 is 11.6 Å². The lowest BCUT2D eigenvalue weighted by Gasteiger charge is -2.08. The largest absolute Gasteiger partial charge is 0.264 e. The molecule has 0 aliphatic heterocycles. The minimum absolute atomic E-state index is 0.530. The zero-order valence-electron chi connectivity index (χ0n) is 9.94. The van der Waals surface area contributed by atoms with Gasteiger partial charge in [0.1, 0.15) is 11.0 Å². The normalized spacial score (nSPS) is 10.5. The van der Waals surface area contributed by atoms with Gasteiger partial charge in [-0.15, -0.1) is 0 Å². The Hall–Kier alpha value is -1.48. The van der Waals surface area contributed by atoms with Crippen LogP contribution in [0.2, 0.25) is 5.15 Å². The van der Waals surface area contributed by atoms with Crippen molar-refractivity contribution in [3.05, 3.63) is 41.1 Å². The number of halogens is 1. The lowest BCUT2D eigenvalue weighted by Crippen LogP contribution is -2.00. The van der Waals surface area contributed by atoms with Crippen LogP contribution in [-0.2, 0) is 6.42 Å². The van der Waals surface area contributed by atoms with E-state index in [1.165, 1.54) is 0 Å². The fraction of sp³-hybridized carbons (Fsp3) is 0.308. The number of aryl methyl sites for hydroxylation is 1. The van der Waals surface area contributed by atoms with Crippen molar-refractivity contribution in [2.45, 2.75) is 26.7 Å². The first-order valence-electron chi connectivity index (χ1n) is 5.65. The summed E-state index contributed by atoms with van der Waals surface area (Å²) < 4.78 is 0. The molecular formula is C13H14ClN3. The molecule has 0 unspecified atom stereocenters. The zero-order valence-corrected chi connectivity index (χ0v) is 10.7. The molecule has 0 N–H and O–H groups in total. The standard InChI is InChI=1S/C13H14ClN3/c1-3-5-11-16-12(9(2)13(14)17-11)10-6-4-7-15-8-10/h4,6-8H,3,5H2,1-2H3. The average molecular weight is 248 g/mol. The Morgan fingerprint density at radius 3 is 2.76 bits per heavy atom. The molecule has 2 aromatic rings. The van der Waals surface area contributed by atoms with E-state index in [-0.39, 0.29) is 0 Å². The highest BCUT2D eigenvalue weighted by molar-refractivity contribution is 6.30. The summed E-state index contributed by atoms with van der Waals surface area (Å²) in [5.41, 5.74) is 2.76. The van der Waals surface area contributed by atoms with Gasteiger partial charge in [-0.05, 0) is 25.5 Å². The summed E-state index contributed by atoms with van der Waals surface area (Å²) in [4.78, 5) is 12.9. The maximum atomic E-state index is 6.13. The van der Waals surface area contributed by atoms with Crippen LogP contribution in [0.4, 0.5) is 0 Å². The monoisotopic (exact) mass is 247 g/mol. The summed E-state index contributed by atoms with van der Waals surface area (Å²) in [7, 11) is 0. The molecule has 0 atom stereocenters. The Balaban J connectivity index is 2.53. The SMILES string of the molecule is CCCc1nc(Cl)c(C)c(-c2cccnc2)n1. The predicted octanol–water partition coefficient (Wildman–Crippen LogP) is 3.45. The van der Waals surface area contributed by atoms with Gasteiger partial charge in [-0.25, -0.2) is 9.97 Å². The van der Waals surface area contributed by atoms with Gasteiger partial charge in [0.15, 0.2) is 0 Å². The molecule has 0 radical (unpaired) electrons. The van der Waals surface area contributed by atoms with Crippen LogP contribution in [0, 0.1) is 6.92 Å². The van der Waals surface area contributed by atoms with E-state index in [0.29, 0.717) is 5.15 Å². The Morgan fingerprint density at radius 1 is 1.29 bits per heavy atom. The molecule has 0 saturated carbocycles. The Labute approximate surface area is 106 Å². The van der Waals surface area contributed by atoms with Crippen molar-refractivity contribution in [3.63, 3.8) is 0 Å². The average Bonchev–Trinajstić information content (AvgIpc) is 2.35. The Kier molecular flexibility index (Phi) is 3.69. The lowest BCUT2D eigenvalue weighted by molar-refractivity contribution is 0.833. The van der Waals surface area contributed by atoms with Gasteiger partial charge in [-0.2, -0.15) is 0 Å². The van der Waals surface area contributed by atoms with Crippen molar-refractivity contribution in [2.75, 3.05) is 0 Å². The highest BCUT2D eigenvalue weighted by Gasteiger charge is 2.10. The first-order chi connectivity index (χ1) is 8.22. The number of rotatable bonds is 3. The van der Waals surface area contributed by atoms with E-state index >= 15 is 0 Å². The van der Waals surface area contributed by atoms with Gasteiger partial charge in [0, 0.05) is 29.9 Å². The van der Waals surface area contributed by atoms with Crippen LogP contribution in [0.25, 0.3) is 11.3 Å². The van der Waals surface area contributed by atoms with Crippen LogP contribution < -0.4 is 0 Å². The second-order valence-corrected chi connectivity index (χ2v) is 4.25. The highest BCUT2D eigenvalue weighted by atomic mass is 35.5. The summed E-state index contributed by atoms with van der Waals surface area (Å²) in [6.07, 6.45) is 5.38. The molecule has 0 aromatic carbocycles. The summed E-state index contributed by atoms with van der Waals surface area (Å²) in [5, 5.41) is 0.530. The number of hydrogen-bond donors (Lipinski definition) is 0. The van der Waals surface area contributed by atoms with Crippen molar-refractivity contribution in [2.24, 2.45) is 0 Å². The molecule has 2 heterocycles. The maximum absolute atomic E-state index is 6.13. The maximum Gasteiger partial charge on any atom is 0.136 e. The molecule has 88 valence electrons. The summed E-state index contributed by atoms with van der Waals surface area (Å²) in [5.74, 6) is 0.793. The molecule has 3 nitrogen and oxygen atoms in total. The van der Waals surface area contributed by atoms with Gasteiger partial charge < -0.3 is 0 Å². The smallest absolute Gasteiger partial charge is 0.136 e. The molecule has 4 heteroatoms. The van der Waals surface area contributed by atoms with E-state index in [2.05, 4.69) is 21.9 Å². The molecule has 0 aliphatic rings. The summed E-state index contributed by atoms with van der Waals surface area (Å²) >= 11 is 6.13. The topological polar surface area (TPSA) is 38.7 Å². The molecular weight excluding hydrogens is 234 g/mol. The number of hydrogen-bond acceptors (Lipinski definition) is 3. The van der Waals surface area contributed by atoms with Gasteiger partial charge in [0.05, 0.1) is 5.69 Å². The second kappa shape index (κ2) is 5.23. The van der Waals surface area contributed by atoms with Crippen molar-refractivity contribution < 1.29 is 0 Å². The predicted molar refractivity (Wildman–Crippen MR) is 69.0 cm³/mol. The van der Waals surface area contributed by atoms with Crippen molar-refractivity contribution in [1.29, 1.82) is 0 Å². The van der Waals surface area contributed by atoms with Gasteiger partial charge in [-0.3, -0.25) is 4.98 Å². The van der Waals surface area contributed by atoms with Crippen LogP contribution in [0.3, 0.4) is 0 Å². The number of nitrogens with zero attached hydrogens (tertiary/aromatic N) is 3. The Morgan fingerprint density at radius 2 is 2.12 bits per heavy atom. The van der Waals surface area contributed by atoms with Gasteiger partial charge >= 0.3 is 0 Å².